The smallest absolute Gasteiger partial charge is 0.306 e. The highest BCUT2D eigenvalue weighted by Crippen LogP contribution is 2.08. The van der Waals surface area contributed by atoms with E-state index in [9.17, 15) is 9.59 Å². The van der Waals surface area contributed by atoms with Crippen LogP contribution in [0.4, 0.5) is 0 Å². The lowest BCUT2D eigenvalue weighted by atomic mass is 10.1. The largest absolute Gasteiger partial charge is 0.481 e. The third-order valence-corrected chi connectivity index (χ3v) is 2.28. The third-order valence-electron chi connectivity index (χ3n) is 2.28. The Hall–Kier alpha value is -1.06. The molecule has 1 unspecified atom stereocenters. The van der Waals surface area contributed by atoms with Gasteiger partial charge in [0.25, 0.3) is 0 Å². The van der Waals surface area contributed by atoms with Crippen LogP contribution in [0.2, 0.25) is 0 Å². The van der Waals surface area contributed by atoms with E-state index in [1.54, 1.807) is 0 Å². The van der Waals surface area contributed by atoms with Crippen LogP contribution in [0.1, 0.15) is 46.5 Å². The van der Waals surface area contributed by atoms with Crippen LogP contribution in [0.15, 0.2) is 0 Å². The number of unbranched alkanes of at least 4 members (excludes halogenated alkanes) is 1. The lowest BCUT2D eigenvalue weighted by Crippen LogP contribution is -2.19. The Bertz CT molecular complexity index is 211. The van der Waals surface area contributed by atoms with E-state index in [2.05, 4.69) is 0 Å². The molecule has 0 radical (unpaired) electrons. The maximum absolute atomic E-state index is 11.2. The molecule has 15 heavy (non-hydrogen) atoms. The predicted molar refractivity (Wildman–Crippen MR) is 56.5 cm³/mol. The fourth-order valence-electron chi connectivity index (χ4n) is 0.948. The monoisotopic (exact) mass is 216 g/mol. The average molecular weight is 216 g/mol. The van der Waals surface area contributed by atoms with Gasteiger partial charge in [-0.15, -0.1) is 0 Å². The van der Waals surface area contributed by atoms with Crippen LogP contribution in [0.5, 0.6) is 0 Å². The van der Waals surface area contributed by atoms with Crippen molar-refractivity contribution in [2.24, 2.45) is 5.92 Å². The van der Waals surface area contributed by atoms with Crippen molar-refractivity contribution < 1.29 is 19.4 Å². The Morgan fingerprint density at radius 1 is 1.13 bits per heavy atom. The highest BCUT2D eigenvalue weighted by molar-refractivity contribution is 5.70. The number of esters is 1. The van der Waals surface area contributed by atoms with Crippen LogP contribution < -0.4 is 0 Å². The fourth-order valence-corrected chi connectivity index (χ4v) is 0.948. The molecule has 1 atom stereocenters. The summed E-state index contributed by atoms with van der Waals surface area (Å²) in [7, 11) is 0. The summed E-state index contributed by atoms with van der Waals surface area (Å²) >= 11 is 0. The van der Waals surface area contributed by atoms with Crippen LogP contribution >= 0.6 is 0 Å². The number of carbonyl (C=O) groups excluding carboxylic acids is 1. The molecule has 0 saturated heterocycles. The molecule has 0 aromatic heterocycles. The molecule has 0 fully saturated rings. The number of ether oxygens (including phenoxy) is 1. The first-order valence-corrected chi connectivity index (χ1v) is 5.34. The van der Waals surface area contributed by atoms with Crippen molar-refractivity contribution in [1.82, 2.24) is 0 Å². The van der Waals surface area contributed by atoms with E-state index in [1.165, 1.54) is 0 Å². The van der Waals surface area contributed by atoms with E-state index in [4.69, 9.17) is 9.84 Å². The van der Waals surface area contributed by atoms with Gasteiger partial charge in [0.2, 0.25) is 0 Å². The molecule has 0 heterocycles. The highest BCUT2D eigenvalue weighted by Gasteiger charge is 2.12. The second-order valence-corrected chi connectivity index (χ2v) is 4.04. The van der Waals surface area contributed by atoms with Gasteiger partial charge in [-0.05, 0) is 25.7 Å². The maximum atomic E-state index is 11.2. The maximum Gasteiger partial charge on any atom is 0.306 e. The standard InChI is InChI=1S/C11H20O4/c1-8(2)9(3)15-11(14)7-5-4-6-10(12)13/h8-9H,4-7H2,1-3H3,(H,12,13). The van der Waals surface area contributed by atoms with Gasteiger partial charge < -0.3 is 9.84 Å². The molecule has 4 nitrogen and oxygen atoms in total. The van der Waals surface area contributed by atoms with Crippen LogP contribution in [-0.4, -0.2) is 23.1 Å². The Labute approximate surface area is 90.6 Å². The van der Waals surface area contributed by atoms with Gasteiger partial charge in [-0.25, -0.2) is 0 Å². The number of hydrogen-bond donors (Lipinski definition) is 1. The highest BCUT2D eigenvalue weighted by atomic mass is 16.5. The lowest BCUT2D eigenvalue weighted by Gasteiger charge is -2.16. The molecule has 0 aromatic carbocycles. The van der Waals surface area contributed by atoms with Gasteiger partial charge in [0.1, 0.15) is 6.10 Å². The molecule has 88 valence electrons. The van der Waals surface area contributed by atoms with Crippen molar-refractivity contribution in [2.45, 2.75) is 52.6 Å². The Morgan fingerprint density at radius 3 is 2.13 bits per heavy atom. The van der Waals surface area contributed by atoms with E-state index in [1.807, 2.05) is 20.8 Å². The van der Waals surface area contributed by atoms with Gasteiger partial charge in [-0.2, -0.15) is 0 Å². The first-order chi connectivity index (χ1) is 6.93. The van der Waals surface area contributed by atoms with E-state index in [-0.39, 0.29) is 18.5 Å². The topological polar surface area (TPSA) is 63.6 Å². The summed E-state index contributed by atoms with van der Waals surface area (Å²) in [5.74, 6) is -0.742. The van der Waals surface area contributed by atoms with Crippen molar-refractivity contribution in [1.29, 1.82) is 0 Å². The molecule has 0 bridgehead atoms. The first-order valence-electron chi connectivity index (χ1n) is 5.34. The molecule has 0 saturated carbocycles. The Kier molecular flexibility index (Phi) is 6.75. The Balaban J connectivity index is 3.53. The summed E-state index contributed by atoms with van der Waals surface area (Å²) in [4.78, 5) is 21.4. The number of carboxylic acids is 1. The van der Waals surface area contributed by atoms with Crippen molar-refractivity contribution >= 4 is 11.9 Å². The minimum atomic E-state index is -0.820. The molecule has 1 N–H and O–H groups in total. The van der Waals surface area contributed by atoms with Gasteiger partial charge in [-0.1, -0.05) is 13.8 Å². The normalized spacial score (nSPS) is 12.5. The number of hydrogen-bond acceptors (Lipinski definition) is 3. The molecule has 0 spiro atoms. The molecule has 0 aromatic rings. The number of aliphatic carboxylic acids is 1. The Morgan fingerprint density at radius 2 is 1.67 bits per heavy atom. The van der Waals surface area contributed by atoms with Crippen LogP contribution in [0.3, 0.4) is 0 Å². The molecular weight excluding hydrogens is 196 g/mol. The first kappa shape index (κ1) is 13.9. The minimum Gasteiger partial charge on any atom is -0.481 e. The van der Waals surface area contributed by atoms with Gasteiger partial charge in [0.05, 0.1) is 0 Å². The SMILES string of the molecule is CC(C)C(C)OC(=O)CCCCC(=O)O. The number of carbonyl (C=O) groups is 2. The van der Waals surface area contributed by atoms with Crippen LogP contribution in [0.25, 0.3) is 0 Å². The molecule has 4 heteroatoms. The summed E-state index contributed by atoms with van der Waals surface area (Å²) in [6, 6.07) is 0. The van der Waals surface area contributed by atoms with Gasteiger partial charge in [-0.3, -0.25) is 9.59 Å². The number of carboxylic acid groups (broad SMARTS) is 1. The fraction of sp³-hybridized carbons (Fsp3) is 0.818. The summed E-state index contributed by atoms with van der Waals surface area (Å²) in [5, 5.41) is 8.38. The summed E-state index contributed by atoms with van der Waals surface area (Å²) < 4.78 is 5.13. The lowest BCUT2D eigenvalue weighted by molar-refractivity contribution is -0.150. The number of rotatable bonds is 7. The third kappa shape index (κ3) is 7.97. The van der Waals surface area contributed by atoms with Crippen LogP contribution in [-0.2, 0) is 14.3 Å². The van der Waals surface area contributed by atoms with Gasteiger partial charge >= 0.3 is 11.9 Å². The average Bonchev–Trinajstić information content (AvgIpc) is 2.12. The zero-order valence-corrected chi connectivity index (χ0v) is 9.66. The van der Waals surface area contributed by atoms with Crippen LogP contribution in [0, 0.1) is 5.92 Å². The minimum absolute atomic E-state index is 0.0722. The zero-order valence-electron chi connectivity index (χ0n) is 9.66. The van der Waals surface area contributed by atoms with E-state index >= 15 is 0 Å². The summed E-state index contributed by atoms with van der Waals surface area (Å²) in [6.07, 6.45) is 1.46. The summed E-state index contributed by atoms with van der Waals surface area (Å²) in [5.41, 5.74) is 0. The van der Waals surface area contributed by atoms with E-state index in [0.29, 0.717) is 25.2 Å². The molecule has 0 amide bonds. The van der Waals surface area contributed by atoms with Crippen molar-refractivity contribution in [3.8, 4) is 0 Å². The van der Waals surface area contributed by atoms with Gasteiger partial charge in [0.15, 0.2) is 0 Å². The quantitative estimate of drug-likeness (QED) is 0.523. The molecular formula is C11H20O4. The van der Waals surface area contributed by atoms with E-state index in [0.717, 1.165) is 0 Å². The summed E-state index contributed by atoms with van der Waals surface area (Å²) in [6.45, 7) is 5.84. The molecule has 0 rings (SSSR count). The zero-order chi connectivity index (χ0) is 11.8. The van der Waals surface area contributed by atoms with Crippen molar-refractivity contribution in [2.75, 3.05) is 0 Å². The van der Waals surface area contributed by atoms with Crippen molar-refractivity contribution in [3.63, 3.8) is 0 Å². The second kappa shape index (κ2) is 7.26. The predicted octanol–water partition coefficient (Wildman–Crippen LogP) is 2.22. The second-order valence-electron chi connectivity index (χ2n) is 4.04. The molecule has 0 aliphatic carbocycles. The van der Waals surface area contributed by atoms with Crippen molar-refractivity contribution in [3.05, 3.63) is 0 Å². The molecule has 0 aliphatic heterocycles. The molecule has 0 aliphatic rings. The van der Waals surface area contributed by atoms with Gasteiger partial charge in [0, 0.05) is 12.8 Å². The van der Waals surface area contributed by atoms with E-state index < -0.39 is 5.97 Å².